The fourth-order valence-corrected chi connectivity index (χ4v) is 4.23. The molecule has 0 bridgehead atoms. The summed E-state index contributed by atoms with van der Waals surface area (Å²) >= 11 is 1.23. The Kier molecular flexibility index (Phi) is 7.70. The van der Waals surface area contributed by atoms with Crippen LogP contribution >= 0.6 is 11.8 Å². The van der Waals surface area contributed by atoms with Gasteiger partial charge >= 0.3 is 0 Å². The van der Waals surface area contributed by atoms with Crippen LogP contribution < -0.4 is 9.64 Å². The summed E-state index contributed by atoms with van der Waals surface area (Å²) in [7, 11) is 1.60. The van der Waals surface area contributed by atoms with Crippen LogP contribution in [0.25, 0.3) is 17.1 Å². The van der Waals surface area contributed by atoms with Gasteiger partial charge in [0, 0.05) is 35.9 Å². The second-order valence-electron chi connectivity index (χ2n) is 7.29. The number of nitrogens with zero attached hydrogens (tertiary/aromatic N) is 6. The molecule has 10 heteroatoms. The van der Waals surface area contributed by atoms with Gasteiger partial charge in [0.15, 0.2) is 11.0 Å². The number of hydrogen-bond donors (Lipinski definition) is 0. The van der Waals surface area contributed by atoms with E-state index in [0.29, 0.717) is 22.4 Å². The topological polar surface area (TPSA) is 96.9 Å². The van der Waals surface area contributed by atoms with Crippen molar-refractivity contribution in [1.29, 1.82) is 5.26 Å². The van der Waals surface area contributed by atoms with Gasteiger partial charge in [0.1, 0.15) is 11.6 Å². The van der Waals surface area contributed by atoms with Crippen molar-refractivity contribution in [3.63, 3.8) is 0 Å². The number of rotatable bonds is 9. The van der Waals surface area contributed by atoms with Crippen LogP contribution in [-0.4, -0.2) is 45.1 Å². The first-order chi connectivity index (χ1) is 17.1. The highest BCUT2D eigenvalue weighted by Crippen LogP contribution is 2.29. The Hall–Kier alpha value is -4.23. The van der Waals surface area contributed by atoms with E-state index in [1.807, 2.05) is 41.0 Å². The van der Waals surface area contributed by atoms with Crippen molar-refractivity contribution in [1.82, 2.24) is 19.7 Å². The zero-order valence-corrected chi connectivity index (χ0v) is 19.7. The second kappa shape index (κ2) is 11.3. The molecule has 0 saturated carbocycles. The predicted molar refractivity (Wildman–Crippen MR) is 131 cm³/mol. The van der Waals surface area contributed by atoms with Crippen molar-refractivity contribution in [3.05, 3.63) is 78.9 Å². The molecule has 0 unspecified atom stereocenters. The highest BCUT2D eigenvalue weighted by Gasteiger charge is 2.20. The number of thioether (sulfide) groups is 1. The molecular formula is C25H21FN6O2S. The minimum Gasteiger partial charge on any atom is -0.497 e. The number of methoxy groups -OCH3 is 1. The maximum atomic E-state index is 13.4. The molecule has 4 aromatic rings. The lowest BCUT2D eigenvalue weighted by Crippen LogP contribution is -2.33. The Morgan fingerprint density at radius 1 is 1.09 bits per heavy atom. The van der Waals surface area contributed by atoms with E-state index in [2.05, 4.69) is 21.3 Å². The third-order valence-electron chi connectivity index (χ3n) is 5.11. The fraction of sp³-hybridized carbons (Fsp3) is 0.160. The molecule has 2 aromatic heterocycles. The van der Waals surface area contributed by atoms with Crippen molar-refractivity contribution in [2.45, 2.75) is 11.6 Å². The van der Waals surface area contributed by atoms with Gasteiger partial charge < -0.3 is 9.64 Å². The highest BCUT2D eigenvalue weighted by atomic mass is 32.2. The molecular weight excluding hydrogens is 467 g/mol. The van der Waals surface area contributed by atoms with Crippen LogP contribution in [0.4, 0.5) is 10.1 Å². The number of carbonyl (C=O) groups is 1. The second-order valence-corrected chi connectivity index (χ2v) is 8.24. The van der Waals surface area contributed by atoms with Crippen LogP contribution in [0.5, 0.6) is 5.75 Å². The van der Waals surface area contributed by atoms with Gasteiger partial charge in [-0.05, 0) is 60.7 Å². The van der Waals surface area contributed by atoms with Gasteiger partial charge in [-0.1, -0.05) is 11.8 Å². The van der Waals surface area contributed by atoms with Gasteiger partial charge in [0.2, 0.25) is 5.91 Å². The first-order valence-corrected chi connectivity index (χ1v) is 11.6. The number of amides is 1. The Balaban J connectivity index is 1.62. The average Bonchev–Trinajstić information content (AvgIpc) is 3.33. The van der Waals surface area contributed by atoms with Gasteiger partial charge in [0.05, 0.1) is 25.4 Å². The van der Waals surface area contributed by atoms with Crippen LogP contribution in [0.15, 0.2) is 78.2 Å². The average molecular weight is 489 g/mol. The number of nitriles is 1. The lowest BCUT2D eigenvalue weighted by molar-refractivity contribution is -0.116. The summed E-state index contributed by atoms with van der Waals surface area (Å²) in [5, 5.41) is 18.3. The molecule has 8 nitrogen and oxygen atoms in total. The molecule has 0 radical (unpaired) electrons. The number of halogens is 1. The molecule has 4 rings (SSSR count). The van der Waals surface area contributed by atoms with Gasteiger partial charge in [-0.25, -0.2) is 4.39 Å². The Bertz CT molecular complexity index is 1320. The Labute approximate surface area is 206 Å². The number of anilines is 1. The molecule has 0 atom stereocenters. The van der Waals surface area contributed by atoms with Crippen molar-refractivity contribution in [2.75, 3.05) is 24.3 Å². The van der Waals surface area contributed by atoms with Crippen LogP contribution in [0.1, 0.15) is 6.42 Å². The monoisotopic (exact) mass is 488 g/mol. The van der Waals surface area contributed by atoms with E-state index in [9.17, 15) is 9.18 Å². The molecule has 0 aliphatic carbocycles. The maximum absolute atomic E-state index is 13.4. The minimum absolute atomic E-state index is 0.0490. The zero-order chi connectivity index (χ0) is 24.6. The molecule has 2 aromatic carbocycles. The SMILES string of the molecule is COc1ccc(-n2c(SCC(=O)N(CCC#N)c3ccc(F)cc3)nnc2-c2ccncc2)cc1. The predicted octanol–water partition coefficient (Wildman–Crippen LogP) is 4.52. The molecule has 0 fully saturated rings. The van der Waals surface area contributed by atoms with E-state index >= 15 is 0 Å². The highest BCUT2D eigenvalue weighted by molar-refractivity contribution is 7.99. The third-order valence-corrected chi connectivity index (χ3v) is 6.03. The number of aromatic nitrogens is 4. The Morgan fingerprint density at radius 3 is 2.46 bits per heavy atom. The summed E-state index contributed by atoms with van der Waals surface area (Å²) in [6.07, 6.45) is 3.50. The number of hydrogen-bond acceptors (Lipinski definition) is 7. The molecule has 2 heterocycles. The van der Waals surface area contributed by atoms with Crippen molar-refractivity contribution in [2.24, 2.45) is 0 Å². The third kappa shape index (κ3) is 5.65. The van der Waals surface area contributed by atoms with E-state index in [4.69, 9.17) is 10.00 Å². The number of ether oxygens (including phenoxy) is 1. The van der Waals surface area contributed by atoms with E-state index in [1.165, 1.54) is 40.9 Å². The van der Waals surface area contributed by atoms with Crippen molar-refractivity contribution >= 4 is 23.4 Å². The molecule has 176 valence electrons. The molecule has 0 spiro atoms. The van der Waals surface area contributed by atoms with E-state index in [1.54, 1.807) is 19.5 Å². The summed E-state index contributed by atoms with van der Waals surface area (Å²) < 4.78 is 20.5. The van der Waals surface area contributed by atoms with E-state index in [-0.39, 0.29) is 24.6 Å². The zero-order valence-electron chi connectivity index (χ0n) is 18.8. The molecule has 35 heavy (non-hydrogen) atoms. The minimum atomic E-state index is -0.396. The lowest BCUT2D eigenvalue weighted by Gasteiger charge is -2.21. The largest absolute Gasteiger partial charge is 0.497 e. The van der Waals surface area contributed by atoms with Crippen molar-refractivity contribution < 1.29 is 13.9 Å². The maximum Gasteiger partial charge on any atom is 0.237 e. The molecule has 1 amide bonds. The normalized spacial score (nSPS) is 10.5. The Morgan fingerprint density at radius 2 is 1.80 bits per heavy atom. The lowest BCUT2D eigenvalue weighted by atomic mass is 10.2. The summed E-state index contributed by atoms with van der Waals surface area (Å²) in [6, 6.07) is 18.8. The van der Waals surface area contributed by atoms with Gasteiger partial charge in [-0.15, -0.1) is 10.2 Å². The summed E-state index contributed by atoms with van der Waals surface area (Å²) in [4.78, 5) is 18.7. The van der Waals surface area contributed by atoms with Crippen LogP contribution in [-0.2, 0) is 4.79 Å². The molecule has 0 N–H and O–H groups in total. The number of benzene rings is 2. The summed E-state index contributed by atoms with van der Waals surface area (Å²) in [5.41, 5.74) is 2.15. The van der Waals surface area contributed by atoms with Crippen LogP contribution in [0.2, 0.25) is 0 Å². The fourth-order valence-electron chi connectivity index (χ4n) is 3.40. The van der Waals surface area contributed by atoms with Gasteiger partial charge in [0.25, 0.3) is 0 Å². The summed E-state index contributed by atoms with van der Waals surface area (Å²) in [6.45, 7) is 0.203. The first kappa shape index (κ1) is 23.9. The molecule has 0 saturated heterocycles. The molecule has 0 aliphatic heterocycles. The van der Waals surface area contributed by atoms with Gasteiger partial charge in [-0.2, -0.15) is 5.26 Å². The number of carbonyl (C=O) groups excluding carboxylic acids is 1. The van der Waals surface area contributed by atoms with Crippen LogP contribution in [0, 0.1) is 17.1 Å². The quantitative estimate of drug-likeness (QED) is 0.320. The summed E-state index contributed by atoms with van der Waals surface area (Å²) in [5.74, 6) is 0.739. The van der Waals surface area contributed by atoms with E-state index < -0.39 is 5.82 Å². The number of pyridine rings is 1. The van der Waals surface area contributed by atoms with E-state index in [0.717, 1.165) is 11.3 Å². The molecule has 0 aliphatic rings. The van der Waals surface area contributed by atoms with Crippen molar-refractivity contribution in [3.8, 4) is 28.9 Å². The smallest absolute Gasteiger partial charge is 0.237 e. The standard InChI is InChI=1S/C25H21FN6O2S/c1-34-22-9-7-21(8-10-22)32-24(18-11-14-28-15-12-18)29-30-25(32)35-17-23(33)31(16-2-13-27)20-5-3-19(26)4-6-20/h3-12,14-15H,2,16-17H2,1H3. The van der Waals surface area contributed by atoms with Crippen LogP contribution in [0.3, 0.4) is 0 Å². The van der Waals surface area contributed by atoms with Gasteiger partial charge in [-0.3, -0.25) is 14.3 Å². The first-order valence-electron chi connectivity index (χ1n) is 10.7.